The third-order valence-corrected chi connectivity index (χ3v) is 10.8. The van der Waals surface area contributed by atoms with Gasteiger partial charge in [0.05, 0.1) is 48.1 Å². The zero-order valence-electron chi connectivity index (χ0n) is 28.6. The van der Waals surface area contributed by atoms with E-state index in [-0.39, 0.29) is 51.2 Å². The minimum Gasteiger partial charge on any atom is -0.495 e. The summed E-state index contributed by atoms with van der Waals surface area (Å²) in [6, 6.07) is 12.6. The summed E-state index contributed by atoms with van der Waals surface area (Å²) in [6.07, 6.45) is -0.357. The van der Waals surface area contributed by atoms with Gasteiger partial charge in [0.25, 0.3) is 0 Å². The van der Waals surface area contributed by atoms with E-state index in [9.17, 15) is 20.0 Å². The van der Waals surface area contributed by atoms with Gasteiger partial charge in [-0.3, -0.25) is 19.4 Å². The van der Waals surface area contributed by atoms with Gasteiger partial charge in [0.15, 0.2) is 0 Å². The van der Waals surface area contributed by atoms with Crippen LogP contribution in [0, 0.1) is 40.2 Å². The number of halogens is 4. The van der Waals surface area contributed by atoms with E-state index in [2.05, 4.69) is 6.07 Å². The molecule has 7 unspecified atom stereocenters. The molecule has 268 valence electrons. The number of benzene rings is 3. The third kappa shape index (κ3) is 6.01. The van der Waals surface area contributed by atoms with Gasteiger partial charge in [-0.1, -0.05) is 62.2 Å². The molecule has 3 aromatic rings. The number of carbonyl (C=O) groups excluding carboxylic acids is 2. The molecular weight excluding hydrogens is 703 g/mol. The summed E-state index contributed by atoms with van der Waals surface area (Å²) >= 11 is 12.6. The van der Waals surface area contributed by atoms with Crippen molar-refractivity contribution < 1.29 is 37.7 Å². The molecule has 13 heteroatoms. The average Bonchev–Trinajstić information content (AvgIpc) is 3.75. The van der Waals surface area contributed by atoms with Gasteiger partial charge in [0.1, 0.15) is 28.8 Å². The Hall–Kier alpha value is -4.24. The molecular formula is C38H37Cl2F2N3O6. The van der Waals surface area contributed by atoms with E-state index in [0.29, 0.717) is 6.42 Å². The van der Waals surface area contributed by atoms with Crippen LogP contribution in [0.15, 0.2) is 54.6 Å². The van der Waals surface area contributed by atoms with Crippen LogP contribution in [0.25, 0.3) is 0 Å². The molecule has 7 atom stereocenters. The monoisotopic (exact) mass is 739 g/mol. The number of ether oxygens (including phenoxy) is 2. The number of carbonyl (C=O) groups is 3. The van der Waals surface area contributed by atoms with Crippen molar-refractivity contribution in [2.75, 3.05) is 18.6 Å². The maximum Gasteiger partial charge on any atom is 0.335 e. The lowest BCUT2D eigenvalue weighted by Crippen LogP contribution is -2.53. The van der Waals surface area contributed by atoms with Crippen LogP contribution < -0.4 is 9.64 Å². The SMILES string of the molecule is CCOC(=O)C1CC1C1N(c2ccc(C(=O)O)cc2OC)C(=O)C2C(c3cccc(Cl)c3F)C(C#N)(c3ccc(Cl)cc3F)C(CC(C)(C)C)N21. The summed E-state index contributed by atoms with van der Waals surface area (Å²) in [4.78, 5) is 43.7. The molecule has 1 amide bonds. The standard InChI is InChI=1S/C38H37Cl2F2N3O6/c1-6-51-36(49)23-16-22(23)33-44(27-13-10-19(35(47)48)14-28(27)50-5)34(46)32-30(21-8-7-9-25(40)31(21)42)38(18-43,24-12-11-20(39)15-26(24)41)29(45(32)33)17-37(2,3)4/h7-15,22-23,29-30,32-33H,6,16-17H2,1-5H3,(H,47,48). The number of hydrogen-bond donors (Lipinski definition) is 1. The number of nitriles is 1. The van der Waals surface area contributed by atoms with Gasteiger partial charge in [-0.15, -0.1) is 0 Å². The first-order valence-corrected chi connectivity index (χ1v) is 17.4. The molecule has 1 saturated carbocycles. The maximum atomic E-state index is 16.4. The fourth-order valence-corrected chi connectivity index (χ4v) is 8.57. The summed E-state index contributed by atoms with van der Waals surface area (Å²) in [5, 5.41) is 21.0. The lowest BCUT2D eigenvalue weighted by Gasteiger charge is -2.43. The smallest absolute Gasteiger partial charge is 0.335 e. The summed E-state index contributed by atoms with van der Waals surface area (Å²) in [5.41, 5.74) is -2.36. The van der Waals surface area contributed by atoms with Crippen molar-refractivity contribution >= 4 is 46.7 Å². The molecule has 0 radical (unpaired) electrons. The number of rotatable bonds is 9. The minimum absolute atomic E-state index is 0.0512. The van der Waals surface area contributed by atoms with Gasteiger partial charge >= 0.3 is 11.9 Å². The van der Waals surface area contributed by atoms with Crippen LogP contribution in [-0.2, 0) is 19.7 Å². The second-order valence-corrected chi connectivity index (χ2v) is 15.3. The van der Waals surface area contributed by atoms with Crippen LogP contribution in [0.1, 0.15) is 67.9 Å². The van der Waals surface area contributed by atoms with Gasteiger partial charge in [-0.2, -0.15) is 5.26 Å². The Morgan fingerprint density at radius 2 is 1.84 bits per heavy atom. The van der Waals surface area contributed by atoms with Gasteiger partial charge in [-0.05, 0) is 67.1 Å². The lowest BCUT2D eigenvalue weighted by atomic mass is 9.62. The molecule has 3 aromatic carbocycles. The Kier molecular flexibility index (Phi) is 9.59. The van der Waals surface area contributed by atoms with E-state index >= 15 is 13.6 Å². The second kappa shape index (κ2) is 13.4. The summed E-state index contributed by atoms with van der Waals surface area (Å²) in [6.45, 7) is 7.69. The van der Waals surface area contributed by atoms with E-state index in [1.54, 1.807) is 6.92 Å². The van der Waals surface area contributed by atoms with Crippen LogP contribution in [0.3, 0.4) is 0 Å². The molecule has 1 N–H and O–H groups in total. The van der Waals surface area contributed by atoms with Crippen LogP contribution in [0.2, 0.25) is 10.0 Å². The molecule has 51 heavy (non-hydrogen) atoms. The quantitative estimate of drug-likeness (QED) is 0.223. The Morgan fingerprint density at radius 1 is 1.12 bits per heavy atom. The fraction of sp³-hybridized carbons (Fsp3) is 0.421. The first kappa shape index (κ1) is 36.5. The van der Waals surface area contributed by atoms with Crippen molar-refractivity contribution in [2.24, 2.45) is 17.3 Å². The highest BCUT2D eigenvalue weighted by molar-refractivity contribution is 6.31. The minimum atomic E-state index is -1.87. The predicted molar refractivity (Wildman–Crippen MR) is 186 cm³/mol. The molecule has 2 heterocycles. The lowest BCUT2D eigenvalue weighted by molar-refractivity contribution is -0.145. The highest BCUT2D eigenvalue weighted by Gasteiger charge is 2.73. The maximum absolute atomic E-state index is 16.4. The summed E-state index contributed by atoms with van der Waals surface area (Å²) in [5.74, 6) is -6.23. The van der Waals surface area contributed by atoms with Crippen molar-refractivity contribution in [1.29, 1.82) is 5.26 Å². The number of esters is 1. The van der Waals surface area contributed by atoms with E-state index in [1.165, 1.54) is 60.5 Å². The average molecular weight is 741 g/mol. The van der Waals surface area contributed by atoms with E-state index in [0.717, 1.165) is 6.07 Å². The Balaban J connectivity index is 1.68. The number of fused-ring (bicyclic) bond motifs is 1. The number of aromatic carboxylic acids is 1. The number of methoxy groups -OCH3 is 1. The second-order valence-electron chi connectivity index (χ2n) is 14.5. The first-order valence-electron chi connectivity index (χ1n) is 16.6. The number of hydrogen-bond acceptors (Lipinski definition) is 7. The summed E-state index contributed by atoms with van der Waals surface area (Å²) < 4.78 is 43.8. The number of anilines is 1. The third-order valence-electron chi connectivity index (χ3n) is 10.3. The Labute approximate surface area is 304 Å². The van der Waals surface area contributed by atoms with Crippen molar-refractivity contribution in [2.45, 2.75) is 70.1 Å². The molecule has 0 aromatic heterocycles. The van der Waals surface area contributed by atoms with Gasteiger partial charge in [0, 0.05) is 28.5 Å². The Morgan fingerprint density at radius 3 is 2.45 bits per heavy atom. The predicted octanol–water partition coefficient (Wildman–Crippen LogP) is 7.58. The zero-order valence-corrected chi connectivity index (χ0v) is 30.1. The van der Waals surface area contributed by atoms with E-state index in [4.69, 9.17) is 32.7 Å². The molecule has 6 rings (SSSR count). The number of nitrogens with zero attached hydrogens (tertiary/aromatic N) is 3. The summed E-state index contributed by atoms with van der Waals surface area (Å²) in [7, 11) is 1.34. The first-order chi connectivity index (χ1) is 24.1. The normalized spacial score (nSPS) is 27.2. The van der Waals surface area contributed by atoms with Gasteiger partial charge in [-0.25, -0.2) is 13.6 Å². The largest absolute Gasteiger partial charge is 0.495 e. The van der Waals surface area contributed by atoms with E-state index in [1.807, 2.05) is 25.7 Å². The Bertz CT molecular complexity index is 1960. The molecule has 0 spiro atoms. The number of amides is 1. The van der Waals surface area contributed by atoms with Crippen LogP contribution in [-0.4, -0.2) is 59.8 Å². The highest BCUT2D eigenvalue weighted by Crippen LogP contribution is 2.63. The number of carboxylic acids is 1. The molecule has 3 aliphatic rings. The molecule has 3 fully saturated rings. The molecule has 0 bridgehead atoms. The van der Waals surface area contributed by atoms with Crippen LogP contribution in [0.4, 0.5) is 14.5 Å². The molecule has 2 saturated heterocycles. The number of carboxylic acid groups (broad SMARTS) is 1. The van der Waals surface area contributed by atoms with Crippen molar-refractivity contribution in [3.8, 4) is 11.8 Å². The zero-order chi connectivity index (χ0) is 37.2. The molecule has 9 nitrogen and oxygen atoms in total. The van der Waals surface area contributed by atoms with Gasteiger partial charge < -0.3 is 14.6 Å². The fourth-order valence-electron chi connectivity index (χ4n) is 8.23. The van der Waals surface area contributed by atoms with Crippen molar-refractivity contribution in [1.82, 2.24) is 4.90 Å². The molecule has 2 aliphatic heterocycles. The van der Waals surface area contributed by atoms with Crippen molar-refractivity contribution in [3.63, 3.8) is 0 Å². The topological polar surface area (TPSA) is 120 Å². The van der Waals surface area contributed by atoms with Gasteiger partial charge in [0.2, 0.25) is 5.91 Å². The van der Waals surface area contributed by atoms with Crippen LogP contribution >= 0.6 is 23.2 Å². The van der Waals surface area contributed by atoms with Crippen molar-refractivity contribution in [3.05, 3.63) is 93.0 Å². The molecule has 1 aliphatic carbocycles. The highest BCUT2D eigenvalue weighted by atomic mass is 35.5. The van der Waals surface area contributed by atoms with Crippen LogP contribution in [0.5, 0.6) is 5.75 Å². The van der Waals surface area contributed by atoms with E-state index < -0.39 is 76.3 Å².